The van der Waals surface area contributed by atoms with E-state index < -0.39 is 6.10 Å². The lowest BCUT2D eigenvalue weighted by Crippen LogP contribution is -2.34. The van der Waals surface area contributed by atoms with E-state index in [2.05, 4.69) is 0 Å². The lowest BCUT2D eigenvalue weighted by atomic mass is 10.3. The summed E-state index contributed by atoms with van der Waals surface area (Å²) in [7, 11) is 6.91. The van der Waals surface area contributed by atoms with Crippen LogP contribution in [-0.4, -0.2) is 74.9 Å². The highest BCUT2D eigenvalue weighted by atomic mass is 16.5. The highest BCUT2D eigenvalue weighted by molar-refractivity contribution is 5.75. The van der Waals surface area contributed by atoms with Gasteiger partial charge in [0.1, 0.15) is 0 Å². The third-order valence-electron chi connectivity index (χ3n) is 2.09. The van der Waals surface area contributed by atoms with E-state index in [1.54, 1.807) is 26.1 Å². The van der Waals surface area contributed by atoms with Crippen molar-refractivity contribution < 1.29 is 14.6 Å². The minimum atomic E-state index is -0.491. The standard InChI is InChI=1S/C10H22N2O3/c1-11(2)10(14)5-6-12(3)7-9(13)8-15-4/h9,13H,5-8H2,1-4H3. The van der Waals surface area contributed by atoms with Gasteiger partial charge in [-0.15, -0.1) is 0 Å². The van der Waals surface area contributed by atoms with Crippen LogP contribution in [0.3, 0.4) is 0 Å². The maximum Gasteiger partial charge on any atom is 0.223 e. The summed E-state index contributed by atoms with van der Waals surface area (Å²) in [6.45, 7) is 1.50. The molecule has 0 heterocycles. The molecule has 0 saturated heterocycles. The van der Waals surface area contributed by atoms with Crippen molar-refractivity contribution in [2.24, 2.45) is 0 Å². The number of aliphatic hydroxyl groups is 1. The van der Waals surface area contributed by atoms with E-state index in [4.69, 9.17) is 4.74 Å². The summed E-state index contributed by atoms with van der Waals surface area (Å²) in [5, 5.41) is 9.43. The van der Waals surface area contributed by atoms with Gasteiger partial charge in [0.05, 0.1) is 12.7 Å². The Morgan fingerprint density at radius 1 is 1.40 bits per heavy atom. The molecule has 0 saturated carbocycles. The zero-order chi connectivity index (χ0) is 11.8. The number of aliphatic hydroxyl groups excluding tert-OH is 1. The van der Waals surface area contributed by atoms with E-state index in [1.165, 1.54) is 0 Å². The highest BCUT2D eigenvalue weighted by Crippen LogP contribution is 1.94. The SMILES string of the molecule is COCC(O)CN(C)CCC(=O)N(C)C. The van der Waals surface area contributed by atoms with E-state index in [1.807, 2.05) is 11.9 Å². The van der Waals surface area contributed by atoms with E-state index in [0.717, 1.165) is 0 Å². The topological polar surface area (TPSA) is 53.0 Å². The molecule has 5 nitrogen and oxygen atoms in total. The molecule has 0 aromatic carbocycles. The number of hydrogen-bond donors (Lipinski definition) is 1. The Morgan fingerprint density at radius 3 is 2.47 bits per heavy atom. The monoisotopic (exact) mass is 218 g/mol. The zero-order valence-corrected chi connectivity index (χ0v) is 10.1. The Morgan fingerprint density at radius 2 is 2.00 bits per heavy atom. The van der Waals surface area contributed by atoms with Crippen LogP contribution in [0, 0.1) is 0 Å². The van der Waals surface area contributed by atoms with Gasteiger partial charge in [-0.05, 0) is 7.05 Å². The number of amides is 1. The summed E-state index contributed by atoms with van der Waals surface area (Å²) >= 11 is 0. The molecule has 90 valence electrons. The van der Waals surface area contributed by atoms with Crippen molar-refractivity contribution in [3.8, 4) is 0 Å². The fraction of sp³-hybridized carbons (Fsp3) is 0.900. The van der Waals surface area contributed by atoms with Gasteiger partial charge in [-0.1, -0.05) is 0 Å². The van der Waals surface area contributed by atoms with E-state index >= 15 is 0 Å². The average molecular weight is 218 g/mol. The van der Waals surface area contributed by atoms with Gasteiger partial charge in [-0.3, -0.25) is 4.79 Å². The van der Waals surface area contributed by atoms with Gasteiger partial charge >= 0.3 is 0 Å². The van der Waals surface area contributed by atoms with Crippen LogP contribution in [0.15, 0.2) is 0 Å². The van der Waals surface area contributed by atoms with Crippen LogP contribution in [0.5, 0.6) is 0 Å². The molecule has 0 aromatic heterocycles. The molecule has 0 aliphatic carbocycles. The van der Waals surface area contributed by atoms with Crippen molar-refractivity contribution in [3.63, 3.8) is 0 Å². The lowest BCUT2D eigenvalue weighted by Gasteiger charge is -2.20. The number of carbonyl (C=O) groups is 1. The smallest absolute Gasteiger partial charge is 0.223 e. The van der Waals surface area contributed by atoms with Gasteiger partial charge in [0.2, 0.25) is 5.91 Å². The summed E-state index contributed by atoms with van der Waals surface area (Å²) in [6.07, 6.45) is -0.0158. The third kappa shape index (κ3) is 7.30. The van der Waals surface area contributed by atoms with Crippen molar-refractivity contribution in [2.45, 2.75) is 12.5 Å². The molecule has 0 bridgehead atoms. The lowest BCUT2D eigenvalue weighted by molar-refractivity contribution is -0.129. The van der Waals surface area contributed by atoms with Crippen LogP contribution in [0.25, 0.3) is 0 Å². The van der Waals surface area contributed by atoms with Gasteiger partial charge in [-0.25, -0.2) is 0 Å². The van der Waals surface area contributed by atoms with E-state index in [-0.39, 0.29) is 5.91 Å². The Hall–Kier alpha value is -0.650. The third-order valence-corrected chi connectivity index (χ3v) is 2.09. The van der Waals surface area contributed by atoms with Crippen LogP contribution >= 0.6 is 0 Å². The molecule has 0 radical (unpaired) electrons. The normalized spacial score (nSPS) is 12.9. The van der Waals surface area contributed by atoms with Crippen LogP contribution in [0.2, 0.25) is 0 Å². The predicted molar refractivity (Wildman–Crippen MR) is 58.7 cm³/mol. The summed E-state index contributed by atoms with van der Waals surface area (Å²) < 4.78 is 4.82. The van der Waals surface area contributed by atoms with Gasteiger partial charge in [0.15, 0.2) is 0 Å². The minimum Gasteiger partial charge on any atom is -0.389 e. The molecule has 1 amide bonds. The van der Waals surface area contributed by atoms with E-state index in [9.17, 15) is 9.90 Å². The van der Waals surface area contributed by atoms with Crippen molar-refractivity contribution in [3.05, 3.63) is 0 Å². The van der Waals surface area contributed by atoms with Crippen LogP contribution in [0.1, 0.15) is 6.42 Å². The molecule has 0 rings (SSSR count). The number of ether oxygens (including phenoxy) is 1. The molecule has 0 aliphatic heterocycles. The largest absolute Gasteiger partial charge is 0.389 e. The first-order chi connectivity index (χ1) is 6.97. The fourth-order valence-corrected chi connectivity index (χ4v) is 1.21. The van der Waals surface area contributed by atoms with Crippen molar-refractivity contribution in [2.75, 3.05) is 47.9 Å². The van der Waals surface area contributed by atoms with Crippen molar-refractivity contribution in [1.82, 2.24) is 9.80 Å². The second-order valence-corrected chi connectivity index (χ2v) is 3.91. The molecule has 0 aromatic rings. The molecule has 5 heteroatoms. The molecule has 0 aliphatic rings. The summed E-state index contributed by atoms with van der Waals surface area (Å²) in [6, 6.07) is 0. The van der Waals surface area contributed by atoms with Gasteiger partial charge in [0, 0.05) is 40.7 Å². The molecule has 1 unspecified atom stereocenters. The average Bonchev–Trinajstić information content (AvgIpc) is 2.14. The Bertz CT molecular complexity index is 186. The molecule has 0 spiro atoms. The molecular weight excluding hydrogens is 196 g/mol. The number of carbonyl (C=O) groups excluding carboxylic acids is 1. The second-order valence-electron chi connectivity index (χ2n) is 3.91. The summed E-state index contributed by atoms with van der Waals surface area (Å²) in [5.74, 6) is 0.100. The Labute approximate surface area is 91.6 Å². The quantitative estimate of drug-likeness (QED) is 0.620. The van der Waals surface area contributed by atoms with Crippen LogP contribution in [0.4, 0.5) is 0 Å². The van der Waals surface area contributed by atoms with Gasteiger partial charge < -0.3 is 19.6 Å². The Balaban J connectivity index is 3.65. The number of methoxy groups -OCH3 is 1. The van der Waals surface area contributed by atoms with Crippen molar-refractivity contribution >= 4 is 5.91 Å². The molecule has 1 atom stereocenters. The maximum absolute atomic E-state index is 11.3. The first-order valence-electron chi connectivity index (χ1n) is 5.03. The minimum absolute atomic E-state index is 0.100. The molecular formula is C10H22N2O3. The van der Waals surface area contributed by atoms with Crippen molar-refractivity contribution in [1.29, 1.82) is 0 Å². The van der Waals surface area contributed by atoms with E-state index in [0.29, 0.717) is 26.1 Å². The highest BCUT2D eigenvalue weighted by Gasteiger charge is 2.10. The number of rotatable bonds is 7. The molecule has 15 heavy (non-hydrogen) atoms. The summed E-state index contributed by atoms with van der Waals surface area (Å²) in [5.41, 5.74) is 0. The fourth-order valence-electron chi connectivity index (χ4n) is 1.21. The predicted octanol–water partition coefficient (Wildman–Crippen LogP) is -0.596. The van der Waals surface area contributed by atoms with Crippen LogP contribution < -0.4 is 0 Å². The Kier molecular flexibility index (Phi) is 7.29. The molecule has 1 N–H and O–H groups in total. The van der Waals surface area contributed by atoms with Crippen LogP contribution in [-0.2, 0) is 9.53 Å². The first kappa shape index (κ1) is 14.3. The number of hydrogen-bond acceptors (Lipinski definition) is 4. The molecule has 0 fully saturated rings. The van der Waals surface area contributed by atoms with Gasteiger partial charge in [-0.2, -0.15) is 0 Å². The second kappa shape index (κ2) is 7.62. The zero-order valence-electron chi connectivity index (χ0n) is 10.1. The number of nitrogens with zero attached hydrogens (tertiary/aromatic N) is 2. The number of likely N-dealkylation sites (N-methyl/N-ethyl adjacent to an activating group) is 1. The summed E-state index contributed by atoms with van der Waals surface area (Å²) in [4.78, 5) is 14.8. The van der Waals surface area contributed by atoms with Gasteiger partial charge in [0.25, 0.3) is 0 Å². The first-order valence-corrected chi connectivity index (χ1v) is 5.03. The maximum atomic E-state index is 11.3.